The highest BCUT2D eigenvalue weighted by atomic mass is 16.1. The van der Waals surface area contributed by atoms with Crippen LogP contribution in [0.2, 0.25) is 0 Å². The van der Waals surface area contributed by atoms with E-state index < -0.39 is 0 Å². The molecule has 2 aromatic rings. The molecule has 2 atom stereocenters. The monoisotopic (exact) mass is 276 g/mol. The number of Topliss-reactive ketones (excluding diaryl/α,β-unsaturated/α-hetero) is 1. The number of carbonyl (C=O) groups is 1. The summed E-state index contributed by atoms with van der Waals surface area (Å²) >= 11 is 0. The van der Waals surface area contributed by atoms with Crippen LogP contribution < -0.4 is 0 Å². The number of hydrogen-bond acceptors (Lipinski definition) is 1. The van der Waals surface area contributed by atoms with Gasteiger partial charge in [-0.25, -0.2) is 0 Å². The van der Waals surface area contributed by atoms with Gasteiger partial charge in [-0.15, -0.1) is 0 Å². The second-order valence-corrected chi connectivity index (χ2v) is 5.96. The van der Waals surface area contributed by atoms with E-state index in [0.717, 1.165) is 23.1 Å². The SMILES string of the molecule is CC(C)=C(C(=O)C1CC1c1ccccc1)c1ccccc1. The van der Waals surface area contributed by atoms with Gasteiger partial charge in [0.25, 0.3) is 0 Å². The second kappa shape index (κ2) is 5.69. The van der Waals surface area contributed by atoms with Gasteiger partial charge in [-0.2, -0.15) is 0 Å². The van der Waals surface area contributed by atoms with Gasteiger partial charge in [0.1, 0.15) is 0 Å². The molecule has 3 rings (SSSR count). The molecule has 1 nitrogen and oxygen atoms in total. The van der Waals surface area contributed by atoms with Gasteiger partial charge in [0.2, 0.25) is 0 Å². The Bertz CT molecular complexity index is 663. The first kappa shape index (κ1) is 13.8. The lowest BCUT2D eigenvalue weighted by Crippen LogP contribution is -2.07. The average Bonchev–Trinajstić information content (AvgIpc) is 3.29. The third-order valence-corrected chi connectivity index (χ3v) is 4.16. The minimum Gasteiger partial charge on any atom is -0.294 e. The van der Waals surface area contributed by atoms with Gasteiger partial charge in [-0.05, 0) is 37.3 Å². The van der Waals surface area contributed by atoms with Crippen molar-refractivity contribution in [3.63, 3.8) is 0 Å². The number of rotatable bonds is 4. The highest BCUT2D eigenvalue weighted by Gasteiger charge is 2.44. The van der Waals surface area contributed by atoms with Gasteiger partial charge in [0.15, 0.2) is 5.78 Å². The molecular weight excluding hydrogens is 256 g/mol. The van der Waals surface area contributed by atoms with Gasteiger partial charge in [0.05, 0.1) is 0 Å². The van der Waals surface area contributed by atoms with E-state index in [1.807, 2.05) is 62.4 Å². The maximum Gasteiger partial charge on any atom is 0.167 e. The molecule has 1 fully saturated rings. The van der Waals surface area contributed by atoms with Gasteiger partial charge in [0, 0.05) is 11.5 Å². The predicted molar refractivity (Wildman–Crippen MR) is 87.0 cm³/mol. The minimum absolute atomic E-state index is 0.150. The Labute approximate surface area is 126 Å². The van der Waals surface area contributed by atoms with Crippen molar-refractivity contribution in [3.8, 4) is 0 Å². The molecule has 0 N–H and O–H groups in total. The summed E-state index contributed by atoms with van der Waals surface area (Å²) in [5.74, 6) is 0.851. The van der Waals surface area contributed by atoms with Crippen LogP contribution in [0.4, 0.5) is 0 Å². The summed E-state index contributed by atoms with van der Waals surface area (Å²) in [4.78, 5) is 12.9. The van der Waals surface area contributed by atoms with Gasteiger partial charge >= 0.3 is 0 Å². The largest absolute Gasteiger partial charge is 0.294 e. The van der Waals surface area contributed by atoms with E-state index in [2.05, 4.69) is 12.1 Å². The van der Waals surface area contributed by atoms with E-state index in [1.54, 1.807) is 0 Å². The van der Waals surface area contributed by atoms with E-state index in [-0.39, 0.29) is 5.92 Å². The summed E-state index contributed by atoms with van der Waals surface area (Å²) in [6.07, 6.45) is 0.979. The van der Waals surface area contributed by atoms with Crippen LogP contribution in [0, 0.1) is 5.92 Å². The molecule has 1 heteroatoms. The quantitative estimate of drug-likeness (QED) is 0.729. The van der Waals surface area contributed by atoms with Crippen LogP contribution in [-0.4, -0.2) is 5.78 Å². The maximum absolute atomic E-state index is 12.9. The van der Waals surface area contributed by atoms with Crippen LogP contribution in [0.25, 0.3) is 5.57 Å². The molecular formula is C20H20O. The fraction of sp³-hybridized carbons (Fsp3) is 0.250. The lowest BCUT2D eigenvalue weighted by molar-refractivity contribution is -0.114. The molecule has 0 bridgehead atoms. The van der Waals surface area contributed by atoms with Crippen molar-refractivity contribution in [3.05, 3.63) is 77.4 Å². The molecule has 1 saturated carbocycles. The maximum atomic E-state index is 12.9. The molecule has 1 aliphatic rings. The zero-order valence-corrected chi connectivity index (χ0v) is 12.5. The van der Waals surface area contributed by atoms with E-state index in [4.69, 9.17) is 0 Å². The van der Waals surface area contributed by atoms with E-state index in [9.17, 15) is 4.79 Å². The minimum atomic E-state index is 0.150. The highest BCUT2D eigenvalue weighted by Crippen LogP contribution is 2.50. The molecule has 0 aromatic heterocycles. The summed E-state index contributed by atoms with van der Waals surface area (Å²) in [5.41, 5.74) is 4.34. The van der Waals surface area contributed by atoms with Crippen LogP contribution in [0.5, 0.6) is 0 Å². The normalized spacial score (nSPS) is 19.9. The molecule has 0 heterocycles. The summed E-state index contributed by atoms with van der Waals surface area (Å²) < 4.78 is 0. The third kappa shape index (κ3) is 2.82. The lowest BCUT2D eigenvalue weighted by atomic mass is 9.93. The van der Waals surface area contributed by atoms with Crippen LogP contribution >= 0.6 is 0 Å². The number of carbonyl (C=O) groups excluding carboxylic acids is 1. The van der Waals surface area contributed by atoms with Crippen molar-refractivity contribution in [1.82, 2.24) is 0 Å². The molecule has 2 unspecified atom stereocenters. The van der Waals surface area contributed by atoms with E-state index >= 15 is 0 Å². The fourth-order valence-corrected chi connectivity index (χ4v) is 3.02. The molecule has 1 aliphatic carbocycles. The van der Waals surface area contributed by atoms with Crippen molar-refractivity contribution in [2.75, 3.05) is 0 Å². The topological polar surface area (TPSA) is 17.1 Å². The predicted octanol–water partition coefficient (Wildman–Crippen LogP) is 4.85. The van der Waals surface area contributed by atoms with Crippen LogP contribution in [0.1, 0.15) is 37.3 Å². The number of ketones is 1. The lowest BCUT2D eigenvalue weighted by Gasteiger charge is -2.09. The zero-order chi connectivity index (χ0) is 14.8. The molecule has 0 spiro atoms. The van der Waals surface area contributed by atoms with Crippen molar-refractivity contribution in [2.24, 2.45) is 5.92 Å². The van der Waals surface area contributed by atoms with Crippen LogP contribution in [-0.2, 0) is 4.79 Å². The average molecular weight is 276 g/mol. The summed E-state index contributed by atoms with van der Waals surface area (Å²) in [6, 6.07) is 20.4. The molecule has 0 saturated heterocycles. The standard InChI is InChI=1S/C20H20O/c1-14(2)19(16-11-7-4-8-12-16)20(21)18-13-17(18)15-9-5-3-6-10-15/h3-12,17-18H,13H2,1-2H3. The number of hydrogen-bond donors (Lipinski definition) is 0. The first-order chi connectivity index (χ1) is 10.2. The number of allylic oxidation sites excluding steroid dienone is 2. The fourth-order valence-electron chi connectivity index (χ4n) is 3.02. The smallest absolute Gasteiger partial charge is 0.167 e. The summed E-state index contributed by atoms with van der Waals surface area (Å²) in [7, 11) is 0. The Hall–Kier alpha value is -2.15. The van der Waals surface area contributed by atoms with Crippen LogP contribution in [0.15, 0.2) is 66.2 Å². The molecule has 0 aliphatic heterocycles. The summed E-state index contributed by atoms with van der Waals surface area (Å²) in [5, 5.41) is 0. The number of benzene rings is 2. The first-order valence-electron chi connectivity index (χ1n) is 7.50. The Morgan fingerprint density at radius 1 is 0.905 bits per heavy atom. The highest BCUT2D eigenvalue weighted by molar-refractivity contribution is 6.23. The Kier molecular flexibility index (Phi) is 3.74. The van der Waals surface area contributed by atoms with Crippen molar-refractivity contribution in [1.29, 1.82) is 0 Å². The van der Waals surface area contributed by atoms with Crippen molar-refractivity contribution >= 4 is 11.4 Å². The molecule has 0 amide bonds. The van der Waals surface area contributed by atoms with Crippen molar-refractivity contribution in [2.45, 2.75) is 26.2 Å². The van der Waals surface area contributed by atoms with Crippen molar-refractivity contribution < 1.29 is 4.79 Å². The first-order valence-corrected chi connectivity index (χ1v) is 7.50. The molecule has 2 aromatic carbocycles. The summed E-state index contributed by atoms with van der Waals surface area (Å²) in [6.45, 7) is 4.06. The molecule has 0 radical (unpaired) electrons. The second-order valence-electron chi connectivity index (χ2n) is 5.96. The Morgan fingerprint density at radius 2 is 1.48 bits per heavy atom. The molecule has 21 heavy (non-hydrogen) atoms. The van der Waals surface area contributed by atoms with Crippen LogP contribution in [0.3, 0.4) is 0 Å². The Balaban J connectivity index is 1.84. The van der Waals surface area contributed by atoms with Gasteiger partial charge < -0.3 is 0 Å². The van der Waals surface area contributed by atoms with E-state index in [0.29, 0.717) is 11.7 Å². The zero-order valence-electron chi connectivity index (χ0n) is 12.5. The Morgan fingerprint density at radius 3 is 2.05 bits per heavy atom. The van der Waals surface area contributed by atoms with Gasteiger partial charge in [-0.1, -0.05) is 66.2 Å². The van der Waals surface area contributed by atoms with E-state index in [1.165, 1.54) is 5.56 Å². The van der Waals surface area contributed by atoms with Gasteiger partial charge in [-0.3, -0.25) is 4.79 Å². The third-order valence-electron chi connectivity index (χ3n) is 4.16. The molecule has 106 valence electrons.